The van der Waals surface area contributed by atoms with Crippen LogP contribution in [0.3, 0.4) is 0 Å². The highest BCUT2D eigenvalue weighted by molar-refractivity contribution is 7.89. The van der Waals surface area contributed by atoms with Gasteiger partial charge in [-0.05, 0) is 48.6 Å². The molecule has 0 spiro atoms. The van der Waals surface area contributed by atoms with E-state index in [1.165, 1.54) is 39.9 Å². The quantitative estimate of drug-likeness (QED) is 0.747. The van der Waals surface area contributed by atoms with Crippen LogP contribution in [0.2, 0.25) is 0 Å². The fourth-order valence-electron chi connectivity index (χ4n) is 3.36. The molecule has 0 atom stereocenters. The lowest BCUT2D eigenvalue weighted by molar-refractivity contribution is 0.100. The van der Waals surface area contributed by atoms with Gasteiger partial charge in [-0.3, -0.25) is 9.59 Å². The summed E-state index contributed by atoms with van der Waals surface area (Å²) in [6.07, 6.45) is 4.98. The molecule has 0 unspecified atom stereocenters. The van der Waals surface area contributed by atoms with Crippen LogP contribution in [-0.4, -0.2) is 37.6 Å². The highest BCUT2D eigenvalue weighted by atomic mass is 32.2. The van der Waals surface area contributed by atoms with Crippen molar-refractivity contribution < 1.29 is 18.0 Å². The van der Waals surface area contributed by atoms with E-state index >= 15 is 0 Å². The van der Waals surface area contributed by atoms with E-state index in [0.29, 0.717) is 10.6 Å². The predicted molar refractivity (Wildman–Crippen MR) is 109 cm³/mol. The molecule has 2 amide bonds. The van der Waals surface area contributed by atoms with Gasteiger partial charge in [0.15, 0.2) is 0 Å². The number of rotatable bonds is 6. The molecular formula is C19H23N3O4S2. The van der Waals surface area contributed by atoms with Gasteiger partial charge >= 0.3 is 0 Å². The SMILES string of the molecule is CN(C1CCCCC1)S(=O)(=O)c1ccc(C(=O)Nc2sccc2C(N)=O)cc1. The molecule has 1 aromatic heterocycles. The third kappa shape index (κ3) is 4.26. The Kier molecular flexibility index (Phi) is 6.17. The van der Waals surface area contributed by atoms with Crippen LogP contribution in [0.15, 0.2) is 40.6 Å². The van der Waals surface area contributed by atoms with Gasteiger partial charge in [0.1, 0.15) is 5.00 Å². The first kappa shape index (κ1) is 20.5. The third-order valence-corrected chi connectivity index (χ3v) is 7.79. The van der Waals surface area contributed by atoms with E-state index in [0.717, 1.165) is 32.1 Å². The topological polar surface area (TPSA) is 110 Å². The summed E-state index contributed by atoms with van der Waals surface area (Å²) in [5.41, 5.74) is 5.81. The Labute approximate surface area is 168 Å². The number of hydrogen-bond acceptors (Lipinski definition) is 5. The minimum absolute atomic E-state index is 0.0211. The normalized spacial score (nSPS) is 15.5. The van der Waals surface area contributed by atoms with Crippen molar-refractivity contribution in [1.29, 1.82) is 0 Å². The Morgan fingerprint density at radius 2 is 1.75 bits per heavy atom. The molecule has 1 saturated carbocycles. The lowest BCUT2D eigenvalue weighted by Crippen LogP contribution is -2.38. The predicted octanol–water partition coefficient (Wildman–Crippen LogP) is 3.05. The first-order valence-corrected chi connectivity index (χ1v) is 11.4. The highest BCUT2D eigenvalue weighted by Crippen LogP contribution is 2.27. The zero-order valence-electron chi connectivity index (χ0n) is 15.6. The summed E-state index contributed by atoms with van der Waals surface area (Å²) >= 11 is 1.19. The second kappa shape index (κ2) is 8.42. The van der Waals surface area contributed by atoms with Gasteiger partial charge in [0.25, 0.3) is 11.8 Å². The number of thiophene rings is 1. The summed E-state index contributed by atoms with van der Waals surface area (Å²) in [5, 5.41) is 4.67. The summed E-state index contributed by atoms with van der Waals surface area (Å²) < 4.78 is 27.2. The van der Waals surface area contributed by atoms with Crippen LogP contribution in [0.5, 0.6) is 0 Å². The molecule has 1 aliphatic carbocycles. The highest BCUT2D eigenvalue weighted by Gasteiger charge is 2.29. The monoisotopic (exact) mass is 421 g/mol. The van der Waals surface area contributed by atoms with Gasteiger partial charge in [-0.25, -0.2) is 8.42 Å². The van der Waals surface area contributed by atoms with Crippen LogP contribution < -0.4 is 11.1 Å². The molecule has 7 nitrogen and oxygen atoms in total. The fraction of sp³-hybridized carbons (Fsp3) is 0.368. The van der Waals surface area contributed by atoms with Crippen LogP contribution >= 0.6 is 11.3 Å². The third-order valence-electron chi connectivity index (χ3n) is 5.04. The average Bonchev–Trinajstić information content (AvgIpc) is 3.16. The van der Waals surface area contributed by atoms with Crippen LogP contribution in [0.1, 0.15) is 52.8 Å². The van der Waals surface area contributed by atoms with Gasteiger partial charge in [0, 0.05) is 18.7 Å². The lowest BCUT2D eigenvalue weighted by atomic mass is 9.96. The zero-order chi connectivity index (χ0) is 20.3. The number of nitrogens with zero attached hydrogens (tertiary/aromatic N) is 1. The zero-order valence-corrected chi connectivity index (χ0v) is 17.2. The van der Waals surface area contributed by atoms with Crippen molar-refractivity contribution >= 4 is 38.2 Å². The molecule has 0 radical (unpaired) electrons. The Balaban J connectivity index is 1.74. The molecule has 3 rings (SSSR count). The van der Waals surface area contributed by atoms with Crippen LogP contribution in [0, 0.1) is 0 Å². The molecule has 2 aromatic rings. The molecular weight excluding hydrogens is 398 g/mol. The molecule has 1 fully saturated rings. The van der Waals surface area contributed by atoms with Gasteiger partial charge in [-0.1, -0.05) is 19.3 Å². The van der Waals surface area contributed by atoms with Crippen molar-refractivity contribution in [2.75, 3.05) is 12.4 Å². The van der Waals surface area contributed by atoms with Gasteiger partial charge in [0.2, 0.25) is 10.0 Å². The van der Waals surface area contributed by atoms with Crippen molar-refractivity contribution in [2.24, 2.45) is 5.73 Å². The van der Waals surface area contributed by atoms with Gasteiger partial charge < -0.3 is 11.1 Å². The maximum atomic E-state index is 12.9. The largest absolute Gasteiger partial charge is 0.366 e. The molecule has 150 valence electrons. The number of primary amides is 1. The molecule has 1 aromatic carbocycles. The Bertz CT molecular complexity index is 961. The molecule has 9 heteroatoms. The molecule has 28 heavy (non-hydrogen) atoms. The van der Waals surface area contributed by atoms with Crippen LogP contribution in [-0.2, 0) is 10.0 Å². The number of nitrogens with two attached hydrogens (primary N) is 1. The van der Waals surface area contributed by atoms with Crippen LogP contribution in [0.4, 0.5) is 5.00 Å². The van der Waals surface area contributed by atoms with Crippen molar-refractivity contribution in [3.63, 3.8) is 0 Å². The van der Waals surface area contributed by atoms with E-state index in [1.54, 1.807) is 18.5 Å². The number of benzene rings is 1. The number of sulfonamides is 1. The van der Waals surface area contributed by atoms with E-state index in [9.17, 15) is 18.0 Å². The lowest BCUT2D eigenvalue weighted by Gasteiger charge is -2.30. The van der Waals surface area contributed by atoms with E-state index < -0.39 is 21.8 Å². The molecule has 0 bridgehead atoms. The molecule has 1 heterocycles. The number of anilines is 1. The number of hydrogen-bond donors (Lipinski definition) is 2. The van der Waals surface area contributed by atoms with Crippen molar-refractivity contribution in [2.45, 2.75) is 43.0 Å². The van der Waals surface area contributed by atoms with Gasteiger partial charge in [0.05, 0.1) is 10.5 Å². The molecule has 1 aliphatic rings. The average molecular weight is 422 g/mol. The maximum absolute atomic E-state index is 12.9. The minimum Gasteiger partial charge on any atom is -0.366 e. The number of amides is 2. The van der Waals surface area contributed by atoms with Gasteiger partial charge in [-0.2, -0.15) is 4.31 Å². The van der Waals surface area contributed by atoms with E-state index in [2.05, 4.69) is 5.32 Å². The van der Waals surface area contributed by atoms with E-state index in [-0.39, 0.29) is 16.5 Å². The Morgan fingerprint density at radius 3 is 2.36 bits per heavy atom. The minimum atomic E-state index is -3.61. The Hall–Kier alpha value is -2.23. The van der Waals surface area contributed by atoms with E-state index in [1.807, 2.05) is 0 Å². The van der Waals surface area contributed by atoms with E-state index in [4.69, 9.17) is 5.73 Å². The number of carbonyl (C=O) groups is 2. The first-order valence-electron chi connectivity index (χ1n) is 9.07. The Morgan fingerprint density at radius 1 is 1.11 bits per heavy atom. The van der Waals surface area contributed by atoms with Crippen LogP contribution in [0.25, 0.3) is 0 Å². The van der Waals surface area contributed by atoms with Crippen molar-refractivity contribution in [3.8, 4) is 0 Å². The summed E-state index contributed by atoms with van der Waals surface area (Å²) in [4.78, 5) is 23.9. The number of carbonyl (C=O) groups excluding carboxylic acids is 2. The number of nitrogens with one attached hydrogen (secondary N) is 1. The summed E-state index contributed by atoms with van der Waals surface area (Å²) in [5.74, 6) is -1.06. The standard InChI is InChI=1S/C19H23N3O4S2/c1-22(14-5-3-2-4-6-14)28(25,26)15-9-7-13(8-10-15)18(24)21-19-16(17(20)23)11-12-27-19/h7-12,14H,2-6H2,1H3,(H2,20,23)(H,21,24). The smallest absolute Gasteiger partial charge is 0.256 e. The molecule has 0 saturated heterocycles. The molecule has 3 N–H and O–H groups in total. The fourth-order valence-corrected chi connectivity index (χ4v) is 5.56. The van der Waals surface area contributed by atoms with Crippen molar-refractivity contribution in [3.05, 3.63) is 46.8 Å². The van der Waals surface area contributed by atoms with Crippen molar-refractivity contribution in [1.82, 2.24) is 4.31 Å². The second-order valence-corrected chi connectivity index (χ2v) is 9.73. The molecule has 0 aliphatic heterocycles. The first-order chi connectivity index (χ1) is 13.3. The maximum Gasteiger partial charge on any atom is 0.256 e. The second-order valence-electron chi connectivity index (χ2n) is 6.82. The summed E-state index contributed by atoms with van der Waals surface area (Å²) in [6, 6.07) is 7.37. The summed E-state index contributed by atoms with van der Waals surface area (Å²) in [6.45, 7) is 0. The summed E-state index contributed by atoms with van der Waals surface area (Å²) in [7, 11) is -1.99. The van der Waals surface area contributed by atoms with Gasteiger partial charge in [-0.15, -0.1) is 11.3 Å².